The van der Waals surface area contributed by atoms with Gasteiger partial charge in [-0.1, -0.05) is 0 Å². The van der Waals surface area contributed by atoms with E-state index in [4.69, 9.17) is 9.47 Å². The molecule has 1 unspecified atom stereocenters. The molecule has 44 valence electrons. The molecule has 3 rings (SSSR count). The molecule has 0 spiro atoms. The standard InChI is InChI=1S/C6H8O2/c1-2-6-7-3-5(1)4-8-6/h3,6H,1-2,4H2. The maximum atomic E-state index is 5.19. The molecular weight excluding hydrogens is 104 g/mol. The molecule has 1 atom stereocenters. The minimum absolute atomic E-state index is 0.0764. The van der Waals surface area contributed by atoms with E-state index in [0.29, 0.717) is 0 Å². The van der Waals surface area contributed by atoms with Gasteiger partial charge in [0.15, 0.2) is 6.29 Å². The number of hydrogen-bond acceptors (Lipinski definition) is 2. The van der Waals surface area contributed by atoms with Crippen molar-refractivity contribution < 1.29 is 9.47 Å². The molecule has 0 aromatic carbocycles. The van der Waals surface area contributed by atoms with Crippen LogP contribution in [-0.2, 0) is 9.47 Å². The molecular formula is C6H8O2. The van der Waals surface area contributed by atoms with Crippen molar-refractivity contribution in [1.82, 2.24) is 0 Å². The SMILES string of the molecule is C1=C2CCC(O1)OC2. The molecule has 2 bridgehead atoms. The van der Waals surface area contributed by atoms with E-state index >= 15 is 0 Å². The summed E-state index contributed by atoms with van der Waals surface area (Å²) in [5, 5.41) is 0. The third kappa shape index (κ3) is 0.530. The van der Waals surface area contributed by atoms with Gasteiger partial charge in [-0.25, -0.2) is 0 Å². The first kappa shape index (κ1) is 4.39. The summed E-state index contributed by atoms with van der Waals surface area (Å²) in [7, 11) is 0. The van der Waals surface area contributed by atoms with E-state index in [0.717, 1.165) is 13.0 Å². The normalized spacial score (nSPS) is 34.0. The highest BCUT2D eigenvalue weighted by molar-refractivity contribution is 5.04. The number of fused-ring (bicyclic) bond motifs is 3. The average molecular weight is 112 g/mol. The summed E-state index contributed by atoms with van der Waals surface area (Å²) in [4.78, 5) is 0. The summed E-state index contributed by atoms with van der Waals surface area (Å²) in [5.41, 5.74) is 1.30. The number of ether oxygens (including phenoxy) is 2. The van der Waals surface area contributed by atoms with Crippen LogP contribution in [0.4, 0.5) is 0 Å². The summed E-state index contributed by atoms with van der Waals surface area (Å²) >= 11 is 0. The van der Waals surface area contributed by atoms with Crippen LogP contribution < -0.4 is 0 Å². The Morgan fingerprint density at radius 2 is 2.62 bits per heavy atom. The Labute approximate surface area is 48.1 Å². The van der Waals surface area contributed by atoms with Gasteiger partial charge in [0, 0.05) is 6.42 Å². The lowest BCUT2D eigenvalue weighted by molar-refractivity contribution is -0.136. The van der Waals surface area contributed by atoms with Gasteiger partial charge in [-0.15, -0.1) is 0 Å². The quantitative estimate of drug-likeness (QED) is 0.466. The van der Waals surface area contributed by atoms with E-state index < -0.39 is 0 Å². The third-order valence-electron chi connectivity index (χ3n) is 1.54. The molecule has 8 heavy (non-hydrogen) atoms. The first-order chi connectivity index (χ1) is 3.95. The van der Waals surface area contributed by atoms with Crippen LogP contribution in [0.3, 0.4) is 0 Å². The highest BCUT2D eigenvalue weighted by Crippen LogP contribution is 2.24. The van der Waals surface area contributed by atoms with Gasteiger partial charge in [-0.3, -0.25) is 0 Å². The summed E-state index contributed by atoms with van der Waals surface area (Å²) in [6, 6.07) is 0. The van der Waals surface area contributed by atoms with E-state index in [9.17, 15) is 0 Å². The molecule has 3 heterocycles. The van der Waals surface area contributed by atoms with Crippen LogP contribution in [0.25, 0.3) is 0 Å². The molecule has 0 N–H and O–H groups in total. The Kier molecular flexibility index (Phi) is 0.815. The first-order valence-electron chi connectivity index (χ1n) is 2.90. The Morgan fingerprint density at radius 3 is 2.75 bits per heavy atom. The van der Waals surface area contributed by atoms with Gasteiger partial charge in [0.25, 0.3) is 0 Å². The second-order valence-corrected chi connectivity index (χ2v) is 2.19. The summed E-state index contributed by atoms with van der Waals surface area (Å²) < 4.78 is 10.3. The molecule has 1 fully saturated rings. The molecule has 0 amide bonds. The first-order valence-corrected chi connectivity index (χ1v) is 2.90. The van der Waals surface area contributed by atoms with Crippen molar-refractivity contribution in [2.45, 2.75) is 19.1 Å². The van der Waals surface area contributed by atoms with Gasteiger partial charge in [-0.05, 0) is 12.0 Å². The lowest BCUT2D eigenvalue weighted by Gasteiger charge is -2.29. The fourth-order valence-corrected chi connectivity index (χ4v) is 1.03. The van der Waals surface area contributed by atoms with Gasteiger partial charge in [0.2, 0.25) is 0 Å². The maximum Gasteiger partial charge on any atom is 0.199 e. The molecule has 0 saturated carbocycles. The summed E-state index contributed by atoms with van der Waals surface area (Å²) in [5.74, 6) is 0. The smallest absolute Gasteiger partial charge is 0.199 e. The van der Waals surface area contributed by atoms with Gasteiger partial charge in [0.1, 0.15) is 0 Å². The molecule has 3 aliphatic rings. The average Bonchev–Trinajstić information content (AvgIpc) is 1.92. The van der Waals surface area contributed by atoms with Crippen molar-refractivity contribution in [3.8, 4) is 0 Å². The zero-order chi connectivity index (χ0) is 5.40. The predicted molar refractivity (Wildman–Crippen MR) is 28.1 cm³/mol. The highest BCUT2D eigenvalue weighted by Gasteiger charge is 2.21. The van der Waals surface area contributed by atoms with Crippen molar-refractivity contribution in [2.75, 3.05) is 6.61 Å². The van der Waals surface area contributed by atoms with Crippen molar-refractivity contribution in [3.05, 3.63) is 11.8 Å². The number of rotatable bonds is 0. The topological polar surface area (TPSA) is 18.5 Å². The van der Waals surface area contributed by atoms with Crippen LogP contribution in [0.5, 0.6) is 0 Å². The van der Waals surface area contributed by atoms with Gasteiger partial charge < -0.3 is 9.47 Å². The second kappa shape index (κ2) is 1.49. The van der Waals surface area contributed by atoms with Crippen molar-refractivity contribution in [3.63, 3.8) is 0 Å². The largest absolute Gasteiger partial charge is 0.472 e. The van der Waals surface area contributed by atoms with E-state index in [1.54, 1.807) is 0 Å². The predicted octanol–water partition coefficient (Wildman–Crippen LogP) is 1.04. The van der Waals surface area contributed by atoms with Crippen LogP contribution in [0.1, 0.15) is 12.8 Å². The fourth-order valence-electron chi connectivity index (χ4n) is 1.03. The zero-order valence-corrected chi connectivity index (χ0v) is 4.59. The minimum atomic E-state index is 0.0764. The van der Waals surface area contributed by atoms with Crippen molar-refractivity contribution in [2.24, 2.45) is 0 Å². The van der Waals surface area contributed by atoms with Crippen LogP contribution in [-0.4, -0.2) is 12.9 Å². The number of hydrogen-bond donors (Lipinski definition) is 0. The molecule has 0 aliphatic carbocycles. The summed E-state index contributed by atoms with van der Waals surface area (Å²) in [6.07, 6.45) is 4.13. The van der Waals surface area contributed by atoms with E-state index in [1.807, 2.05) is 6.26 Å². The van der Waals surface area contributed by atoms with E-state index in [-0.39, 0.29) is 6.29 Å². The monoisotopic (exact) mass is 112 g/mol. The molecule has 0 aromatic rings. The van der Waals surface area contributed by atoms with Crippen LogP contribution >= 0.6 is 0 Å². The zero-order valence-electron chi connectivity index (χ0n) is 4.59. The third-order valence-corrected chi connectivity index (χ3v) is 1.54. The van der Waals surface area contributed by atoms with Gasteiger partial charge in [0.05, 0.1) is 12.9 Å². The van der Waals surface area contributed by atoms with Gasteiger partial charge in [-0.2, -0.15) is 0 Å². The molecule has 2 heteroatoms. The molecule has 3 aliphatic heterocycles. The highest BCUT2D eigenvalue weighted by atomic mass is 16.7. The Hall–Kier alpha value is -0.500. The van der Waals surface area contributed by atoms with Crippen molar-refractivity contribution >= 4 is 0 Å². The Bertz CT molecular complexity index is 118. The summed E-state index contributed by atoms with van der Waals surface area (Å²) in [6.45, 7) is 0.796. The fraction of sp³-hybridized carbons (Fsp3) is 0.667. The lowest BCUT2D eigenvalue weighted by Crippen LogP contribution is -2.26. The minimum Gasteiger partial charge on any atom is -0.472 e. The molecule has 1 saturated heterocycles. The molecule has 0 aromatic heterocycles. The van der Waals surface area contributed by atoms with Crippen LogP contribution in [0.2, 0.25) is 0 Å². The van der Waals surface area contributed by atoms with Crippen molar-refractivity contribution in [1.29, 1.82) is 0 Å². The Morgan fingerprint density at radius 1 is 1.62 bits per heavy atom. The van der Waals surface area contributed by atoms with Crippen LogP contribution in [0, 0.1) is 0 Å². The van der Waals surface area contributed by atoms with Gasteiger partial charge >= 0.3 is 0 Å². The van der Waals surface area contributed by atoms with E-state index in [1.165, 1.54) is 12.0 Å². The van der Waals surface area contributed by atoms with Crippen LogP contribution in [0.15, 0.2) is 11.8 Å². The van der Waals surface area contributed by atoms with E-state index in [2.05, 4.69) is 0 Å². The lowest BCUT2D eigenvalue weighted by atomic mass is 10.1. The second-order valence-electron chi connectivity index (χ2n) is 2.19. The molecule has 2 nitrogen and oxygen atoms in total. The molecule has 0 radical (unpaired) electrons. The maximum absolute atomic E-state index is 5.19. The Balaban J connectivity index is 2.22.